The second kappa shape index (κ2) is 23.8. The maximum absolute atomic E-state index is 15.4. The van der Waals surface area contributed by atoms with Gasteiger partial charge in [-0.2, -0.15) is 0 Å². The van der Waals surface area contributed by atoms with E-state index in [-0.39, 0.29) is 64.9 Å². The van der Waals surface area contributed by atoms with Crippen molar-refractivity contribution in [3.05, 3.63) is 215 Å². The van der Waals surface area contributed by atoms with E-state index in [1.165, 1.54) is 25.1 Å². The number of esters is 3. The van der Waals surface area contributed by atoms with E-state index in [4.69, 9.17) is 42.0 Å². The molecule has 1 N–H and O–H groups in total. The van der Waals surface area contributed by atoms with E-state index in [2.05, 4.69) is 45.0 Å². The number of phenolic OH excluding ortho intramolecular Hbond substituents is 1. The van der Waals surface area contributed by atoms with Crippen LogP contribution in [0.5, 0.6) is 23.0 Å². The monoisotopic (exact) mass is 1050 g/mol. The molecule has 0 radical (unpaired) electrons. The Morgan fingerprint density at radius 1 is 0.623 bits per heavy atom. The van der Waals surface area contributed by atoms with Crippen LogP contribution in [0.25, 0.3) is 22.3 Å². The lowest BCUT2D eigenvalue weighted by Gasteiger charge is -2.48. The summed E-state index contributed by atoms with van der Waals surface area (Å²) in [6.07, 6.45) is -6.53. The zero-order valence-electron chi connectivity index (χ0n) is 43.2. The molecule has 1 aromatic heterocycles. The molecule has 5 atom stereocenters. The molecule has 0 aliphatic carbocycles. The number of carbonyl (C=O) groups excluding carboxylic acids is 3. The number of benzene rings is 7. The van der Waals surface area contributed by atoms with Gasteiger partial charge in [-0.05, 0) is 62.9 Å². The number of phenols is 1. The van der Waals surface area contributed by atoms with E-state index in [1.54, 1.807) is 42.5 Å². The highest BCUT2D eigenvalue weighted by molar-refractivity contribution is 6.99. The van der Waals surface area contributed by atoms with Gasteiger partial charge in [0, 0.05) is 31.5 Å². The third-order valence-corrected chi connectivity index (χ3v) is 18.1. The number of hydrogen-bond donors (Lipinski definition) is 1. The van der Waals surface area contributed by atoms with Gasteiger partial charge in [-0.3, -0.25) is 14.4 Å². The van der Waals surface area contributed by atoms with Crippen LogP contribution in [-0.2, 0) is 46.2 Å². The molecule has 8 aromatic rings. The molecule has 9 rings (SSSR count). The lowest BCUT2D eigenvalue weighted by Crippen LogP contribution is -2.69. The number of fused-ring (bicyclic) bond motifs is 1. The molecule has 1 aliphatic heterocycles. The Labute approximate surface area is 446 Å². The Morgan fingerprint density at radius 3 is 1.68 bits per heavy atom. The summed E-state index contributed by atoms with van der Waals surface area (Å²) in [6, 6.07) is 56.0. The summed E-state index contributed by atoms with van der Waals surface area (Å²) in [5, 5.41) is 12.1. The molecular weight excluding hydrogens is 997 g/mol. The van der Waals surface area contributed by atoms with Crippen LogP contribution in [0.1, 0.15) is 56.1 Å². The molecule has 14 nitrogen and oxygen atoms in total. The van der Waals surface area contributed by atoms with E-state index in [0.717, 1.165) is 34.5 Å². The number of aromatic hydroxyl groups is 1. The summed E-state index contributed by atoms with van der Waals surface area (Å²) in [6.45, 7) is 8.85. The highest BCUT2D eigenvalue weighted by Gasteiger charge is 2.55. The lowest BCUT2D eigenvalue weighted by atomic mass is 9.97. The van der Waals surface area contributed by atoms with Crippen LogP contribution >= 0.6 is 0 Å². The highest BCUT2D eigenvalue weighted by atomic mass is 28.4. The first-order valence-corrected chi connectivity index (χ1v) is 27.0. The Bertz CT molecular complexity index is 3310. The number of ether oxygens (including phenoxy) is 7. The summed E-state index contributed by atoms with van der Waals surface area (Å²) in [7, 11) is -3.32. The summed E-state index contributed by atoms with van der Waals surface area (Å²) in [4.78, 5) is 54.4. The molecule has 1 fully saturated rings. The molecular formula is C62H58O14Si. The Kier molecular flexibility index (Phi) is 16.6. The first kappa shape index (κ1) is 53.6. The Hall–Kier alpha value is -8.18. The van der Waals surface area contributed by atoms with Crippen LogP contribution in [0.4, 0.5) is 0 Å². The fraction of sp³-hybridized carbons (Fsp3) is 0.226. The number of rotatable bonds is 18. The number of carbonyl (C=O) groups is 3. The smallest absolute Gasteiger partial charge is 0.338 e. The fourth-order valence-electron chi connectivity index (χ4n) is 9.63. The maximum atomic E-state index is 15.4. The first-order chi connectivity index (χ1) is 37.2. The zero-order chi connectivity index (χ0) is 54.1. The molecule has 394 valence electrons. The third-order valence-electron chi connectivity index (χ3n) is 13.1. The largest absolute Gasteiger partial charge is 0.508 e. The summed E-state index contributed by atoms with van der Waals surface area (Å²) >= 11 is 0. The standard InChI is InChI=1S/C62H58O14Si/c1-40(63)71-47-33-31-44(32-34-47)55-57(54(66)53-50(72-41(2)64)35-46(65)36-51(53)73-55)76-61-59(75-60(67)45-25-15-8-16-26-45)58(69-38-43-23-13-7-14-24-43)56(68-37-42-21-11-6-12-22-42)52(74-61)39-70-77(62(3,4)5,48-27-17-9-18-28-48)49-29-19-10-20-30-49/h6-36,52,56,58-59,61,65H,37-39H2,1-5H3/t52-,56-,58+,59-,61+/m1/s1. The fourth-order valence-corrected chi connectivity index (χ4v) is 14.2. The second-order valence-electron chi connectivity index (χ2n) is 19.5. The molecule has 7 aromatic carbocycles. The topological polar surface area (TPSA) is 175 Å². The maximum Gasteiger partial charge on any atom is 0.338 e. The highest BCUT2D eigenvalue weighted by Crippen LogP contribution is 2.41. The molecule has 2 heterocycles. The summed E-state index contributed by atoms with van der Waals surface area (Å²) < 4.78 is 59.5. The van der Waals surface area contributed by atoms with Crippen molar-refractivity contribution < 1.29 is 61.5 Å². The van der Waals surface area contributed by atoms with E-state index in [0.29, 0.717) is 0 Å². The van der Waals surface area contributed by atoms with Crippen molar-refractivity contribution in [1.29, 1.82) is 0 Å². The van der Waals surface area contributed by atoms with E-state index < -0.39 is 73.1 Å². The van der Waals surface area contributed by atoms with E-state index in [1.807, 2.05) is 97.1 Å². The van der Waals surface area contributed by atoms with E-state index >= 15 is 4.79 Å². The van der Waals surface area contributed by atoms with Crippen molar-refractivity contribution in [2.45, 2.75) is 83.6 Å². The van der Waals surface area contributed by atoms with Gasteiger partial charge in [0.1, 0.15) is 46.5 Å². The summed E-state index contributed by atoms with van der Waals surface area (Å²) in [5.74, 6) is -3.20. The second-order valence-corrected chi connectivity index (χ2v) is 23.8. The first-order valence-electron chi connectivity index (χ1n) is 25.1. The van der Waals surface area contributed by atoms with Gasteiger partial charge in [0.25, 0.3) is 8.32 Å². The van der Waals surface area contributed by atoms with Gasteiger partial charge >= 0.3 is 17.9 Å². The van der Waals surface area contributed by atoms with Gasteiger partial charge in [0.15, 0.2) is 11.9 Å². The van der Waals surface area contributed by atoms with Gasteiger partial charge in [-0.25, -0.2) is 4.79 Å². The van der Waals surface area contributed by atoms with Crippen molar-refractivity contribution in [2.24, 2.45) is 0 Å². The van der Waals surface area contributed by atoms with Crippen LogP contribution in [0.3, 0.4) is 0 Å². The predicted octanol–water partition coefficient (Wildman–Crippen LogP) is 10.1. The van der Waals surface area contributed by atoms with E-state index in [9.17, 15) is 19.5 Å². The minimum absolute atomic E-state index is 0.0123. The quantitative estimate of drug-likeness (QED) is 0.0488. The average Bonchev–Trinajstić information content (AvgIpc) is 3.42. The molecule has 1 aliphatic rings. The minimum atomic E-state index is -3.32. The SMILES string of the molecule is CC(=O)Oc1ccc(-c2oc3cc(O)cc(OC(C)=O)c3c(=O)c2O[C@@H]2O[C@H](CO[Si](c3ccccc3)(c3ccccc3)C(C)(C)C)[C@@H](OCc3ccccc3)[C@H](OCc3ccccc3)[C@H]2OC(=O)c2ccccc2)cc1. The molecule has 77 heavy (non-hydrogen) atoms. The van der Waals surface area contributed by atoms with Crippen LogP contribution < -0.4 is 30.0 Å². The van der Waals surface area contributed by atoms with Crippen molar-refractivity contribution in [3.63, 3.8) is 0 Å². The molecule has 0 bridgehead atoms. The predicted molar refractivity (Wildman–Crippen MR) is 291 cm³/mol. The lowest BCUT2D eigenvalue weighted by molar-refractivity contribution is -0.295. The zero-order valence-corrected chi connectivity index (χ0v) is 44.2. The van der Waals surface area contributed by atoms with Crippen molar-refractivity contribution in [1.82, 2.24) is 0 Å². The minimum Gasteiger partial charge on any atom is -0.508 e. The average molecular weight is 1060 g/mol. The molecule has 15 heteroatoms. The van der Waals surface area contributed by atoms with Crippen molar-refractivity contribution in [2.75, 3.05) is 6.61 Å². The van der Waals surface area contributed by atoms with Gasteiger partial charge in [-0.15, -0.1) is 0 Å². The van der Waals surface area contributed by atoms with Gasteiger partial charge in [0.2, 0.25) is 17.5 Å². The molecule has 0 unspecified atom stereocenters. The van der Waals surface area contributed by atoms with Gasteiger partial charge in [0.05, 0.1) is 25.4 Å². The Morgan fingerprint density at radius 2 is 1.14 bits per heavy atom. The Balaban J connectivity index is 1.25. The van der Waals surface area contributed by atoms with Gasteiger partial charge in [-0.1, -0.05) is 160 Å². The van der Waals surface area contributed by atoms with Gasteiger partial charge < -0.3 is 47.1 Å². The van der Waals surface area contributed by atoms with Crippen molar-refractivity contribution in [3.8, 4) is 34.3 Å². The summed E-state index contributed by atoms with van der Waals surface area (Å²) in [5.41, 5.74) is 1.09. The molecule has 0 spiro atoms. The van der Waals surface area contributed by atoms with Crippen LogP contribution in [0.15, 0.2) is 197 Å². The number of hydrogen-bond acceptors (Lipinski definition) is 14. The molecule has 1 saturated heterocycles. The van der Waals surface area contributed by atoms with Crippen LogP contribution in [-0.4, -0.2) is 68.6 Å². The molecule has 0 amide bonds. The van der Waals surface area contributed by atoms with Crippen molar-refractivity contribution >= 4 is 47.6 Å². The normalized spacial score (nSPS) is 17.5. The molecule has 0 saturated carbocycles. The third kappa shape index (κ3) is 12.3. The van der Waals surface area contributed by atoms with Crippen LogP contribution in [0.2, 0.25) is 5.04 Å². The van der Waals surface area contributed by atoms with Crippen LogP contribution in [0, 0.1) is 0 Å².